The van der Waals surface area contributed by atoms with Gasteiger partial charge in [0, 0.05) is 36.4 Å². The standard InChI is InChI=1S/C14H19N3O2/c1-10-7-12(4-5-14(10)17(18)19)16-8-11-3-2-6-15-13(11)9-16/h4-5,7,11,13,15H,2-3,6,8-9H2,1H3. The number of rotatable bonds is 2. The first-order valence-electron chi connectivity index (χ1n) is 6.88. The van der Waals surface area contributed by atoms with E-state index < -0.39 is 0 Å². The minimum absolute atomic E-state index is 0.207. The molecule has 0 radical (unpaired) electrons. The Bertz CT molecular complexity index is 489. The van der Waals surface area contributed by atoms with Gasteiger partial charge in [-0.1, -0.05) is 0 Å². The Morgan fingerprint density at radius 1 is 1.42 bits per heavy atom. The highest BCUT2D eigenvalue weighted by Crippen LogP contribution is 2.31. The number of nitro groups is 1. The summed E-state index contributed by atoms with van der Waals surface area (Å²) in [6.07, 6.45) is 2.55. The quantitative estimate of drug-likeness (QED) is 0.654. The summed E-state index contributed by atoms with van der Waals surface area (Å²) in [4.78, 5) is 12.9. The smallest absolute Gasteiger partial charge is 0.272 e. The van der Waals surface area contributed by atoms with Crippen molar-refractivity contribution in [2.75, 3.05) is 24.5 Å². The Morgan fingerprint density at radius 3 is 2.95 bits per heavy atom. The summed E-state index contributed by atoms with van der Waals surface area (Å²) >= 11 is 0. The molecule has 5 nitrogen and oxygen atoms in total. The molecule has 3 rings (SSSR count). The second kappa shape index (κ2) is 4.81. The normalized spacial score (nSPS) is 26.3. The van der Waals surface area contributed by atoms with Crippen LogP contribution in [0.4, 0.5) is 11.4 Å². The van der Waals surface area contributed by atoms with E-state index >= 15 is 0 Å². The predicted molar refractivity (Wildman–Crippen MR) is 74.6 cm³/mol. The number of anilines is 1. The summed E-state index contributed by atoms with van der Waals surface area (Å²) < 4.78 is 0. The fourth-order valence-electron chi connectivity index (χ4n) is 3.30. The largest absolute Gasteiger partial charge is 0.370 e. The maximum Gasteiger partial charge on any atom is 0.272 e. The van der Waals surface area contributed by atoms with E-state index in [1.54, 1.807) is 6.07 Å². The van der Waals surface area contributed by atoms with E-state index in [1.807, 2.05) is 19.1 Å². The lowest BCUT2D eigenvalue weighted by Crippen LogP contribution is -2.40. The van der Waals surface area contributed by atoms with Crippen molar-refractivity contribution in [2.45, 2.75) is 25.8 Å². The molecule has 0 bridgehead atoms. The molecule has 1 aromatic carbocycles. The van der Waals surface area contributed by atoms with E-state index in [9.17, 15) is 10.1 Å². The SMILES string of the molecule is Cc1cc(N2CC3CCCNC3C2)ccc1[N+](=O)[O-]. The number of nitro benzene ring substituents is 1. The molecule has 2 unspecified atom stereocenters. The number of benzene rings is 1. The van der Waals surface area contributed by atoms with Gasteiger partial charge in [-0.2, -0.15) is 0 Å². The fourth-order valence-corrected chi connectivity index (χ4v) is 3.30. The molecule has 2 heterocycles. The molecule has 0 spiro atoms. The summed E-state index contributed by atoms with van der Waals surface area (Å²) in [7, 11) is 0. The van der Waals surface area contributed by atoms with Crippen LogP contribution in [-0.4, -0.2) is 30.6 Å². The summed E-state index contributed by atoms with van der Waals surface area (Å²) in [6.45, 7) is 5.01. The lowest BCUT2D eigenvalue weighted by molar-refractivity contribution is -0.385. The first kappa shape index (κ1) is 12.4. The minimum Gasteiger partial charge on any atom is -0.370 e. The van der Waals surface area contributed by atoms with Crippen LogP contribution in [0.3, 0.4) is 0 Å². The summed E-state index contributed by atoms with van der Waals surface area (Å²) in [5.41, 5.74) is 2.06. The number of fused-ring (bicyclic) bond motifs is 1. The fraction of sp³-hybridized carbons (Fsp3) is 0.571. The van der Waals surface area contributed by atoms with Crippen LogP contribution in [0.2, 0.25) is 0 Å². The Balaban J connectivity index is 1.80. The molecule has 2 fully saturated rings. The van der Waals surface area contributed by atoms with Crippen LogP contribution >= 0.6 is 0 Å². The minimum atomic E-state index is -0.315. The molecule has 0 amide bonds. The van der Waals surface area contributed by atoms with E-state index in [0.29, 0.717) is 6.04 Å². The van der Waals surface area contributed by atoms with E-state index in [1.165, 1.54) is 12.8 Å². The zero-order chi connectivity index (χ0) is 13.4. The molecule has 2 aliphatic rings. The Hall–Kier alpha value is -1.62. The maximum absolute atomic E-state index is 10.8. The lowest BCUT2D eigenvalue weighted by atomic mass is 9.94. The van der Waals surface area contributed by atoms with Gasteiger partial charge >= 0.3 is 0 Å². The molecule has 0 saturated carbocycles. The van der Waals surface area contributed by atoms with Gasteiger partial charge < -0.3 is 10.2 Å². The van der Waals surface area contributed by atoms with Crippen LogP contribution in [0.15, 0.2) is 18.2 Å². The molecule has 5 heteroatoms. The van der Waals surface area contributed by atoms with E-state index in [0.717, 1.165) is 36.8 Å². The van der Waals surface area contributed by atoms with Crippen molar-refractivity contribution < 1.29 is 4.92 Å². The van der Waals surface area contributed by atoms with Gasteiger partial charge in [-0.15, -0.1) is 0 Å². The van der Waals surface area contributed by atoms with Gasteiger partial charge in [0.25, 0.3) is 5.69 Å². The number of aryl methyl sites for hydroxylation is 1. The topological polar surface area (TPSA) is 58.4 Å². The van der Waals surface area contributed by atoms with Gasteiger partial charge in [-0.05, 0) is 44.4 Å². The first-order chi connectivity index (χ1) is 9.15. The Kier molecular flexibility index (Phi) is 3.14. The number of piperidine rings is 1. The van der Waals surface area contributed by atoms with Crippen molar-refractivity contribution in [1.29, 1.82) is 0 Å². The number of hydrogen-bond donors (Lipinski definition) is 1. The Labute approximate surface area is 112 Å². The monoisotopic (exact) mass is 261 g/mol. The molecule has 0 aliphatic carbocycles. The van der Waals surface area contributed by atoms with Crippen LogP contribution in [0, 0.1) is 23.0 Å². The van der Waals surface area contributed by atoms with E-state index in [2.05, 4.69) is 10.2 Å². The van der Waals surface area contributed by atoms with E-state index in [4.69, 9.17) is 0 Å². The summed E-state index contributed by atoms with van der Waals surface area (Å²) in [5.74, 6) is 0.726. The average molecular weight is 261 g/mol. The molecular formula is C14H19N3O2. The Morgan fingerprint density at radius 2 is 2.26 bits per heavy atom. The third kappa shape index (κ3) is 2.30. The molecule has 2 aliphatic heterocycles. The molecule has 1 N–H and O–H groups in total. The summed E-state index contributed by atoms with van der Waals surface area (Å²) in [6, 6.07) is 6.03. The molecule has 0 aromatic heterocycles. The second-order valence-electron chi connectivity index (χ2n) is 5.60. The lowest BCUT2D eigenvalue weighted by Gasteiger charge is -2.24. The first-order valence-corrected chi connectivity index (χ1v) is 6.88. The van der Waals surface area contributed by atoms with Crippen LogP contribution in [-0.2, 0) is 0 Å². The van der Waals surface area contributed by atoms with Crippen LogP contribution in [0.1, 0.15) is 18.4 Å². The number of nitrogens with zero attached hydrogens (tertiary/aromatic N) is 2. The number of hydrogen-bond acceptors (Lipinski definition) is 4. The van der Waals surface area contributed by atoms with Gasteiger partial charge in [-0.25, -0.2) is 0 Å². The molecule has 19 heavy (non-hydrogen) atoms. The van der Waals surface area contributed by atoms with Crippen molar-refractivity contribution in [2.24, 2.45) is 5.92 Å². The van der Waals surface area contributed by atoms with Crippen molar-refractivity contribution in [3.8, 4) is 0 Å². The van der Waals surface area contributed by atoms with Crippen LogP contribution < -0.4 is 10.2 Å². The van der Waals surface area contributed by atoms with Gasteiger partial charge in [0.2, 0.25) is 0 Å². The second-order valence-corrected chi connectivity index (χ2v) is 5.60. The molecule has 102 valence electrons. The third-order valence-corrected chi connectivity index (χ3v) is 4.34. The number of nitrogens with one attached hydrogen (secondary N) is 1. The van der Waals surface area contributed by atoms with Gasteiger partial charge in [-0.3, -0.25) is 10.1 Å². The molecular weight excluding hydrogens is 242 g/mol. The maximum atomic E-state index is 10.8. The van der Waals surface area contributed by atoms with Gasteiger partial charge in [0.1, 0.15) is 0 Å². The third-order valence-electron chi connectivity index (χ3n) is 4.34. The van der Waals surface area contributed by atoms with Crippen molar-refractivity contribution in [3.63, 3.8) is 0 Å². The van der Waals surface area contributed by atoms with Crippen LogP contribution in [0.5, 0.6) is 0 Å². The van der Waals surface area contributed by atoms with Crippen molar-refractivity contribution >= 4 is 11.4 Å². The molecule has 1 aromatic rings. The van der Waals surface area contributed by atoms with E-state index in [-0.39, 0.29) is 10.6 Å². The highest BCUT2D eigenvalue weighted by Gasteiger charge is 2.34. The molecule has 2 atom stereocenters. The van der Waals surface area contributed by atoms with Crippen LogP contribution in [0.25, 0.3) is 0 Å². The highest BCUT2D eigenvalue weighted by atomic mass is 16.6. The van der Waals surface area contributed by atoms with Crippen molar-refractivity contribution in [1.82, 2.24) is 5.32 Å². The zero-order valence-corrected chi connectivity index (χ0v) is 11.1. The zero-order valence-electron chi connectivity index (χ0n) is 11.1. The van der Waals surface area contributed by atoms with Gasteiger partial charge in [0.15, 0.2) is 0 Å². The van der Waals surface area contributed by atoms with Crippen molar-refractivity contribution in [3.05, 3.63) is 33.9 Å². The highest BCUT2D eigenvalue weighted by molar-refractivity contribution is 5.56. The average Bonchev–Trinajstić information content (AvgIpc) is 2.81. The summed E-state index contributed by atoms with van der Waals surface area (Å²) in [5, 5.41) is 14.4. The molecule has 2 saturated heterocycles. The predicted octanol–water partition coefficient (Wildman–Crippen LogP) is 2.09. The van der Waals surface area contributed by atoms with Gasteiger partial charge in [0.05, 0.1) is 4.92 Å².